The Balaban J connectivity index is 1.91. The van der Waals surface area contributed by atoms with Gasteiger partial charge in [0.15, 0.2) is 11.5 Å². The standard InChI is InChI=1S/C19H17BrN2O5S/c1-26-18-10-13(12-21)4-7-17(18)27-19(23)15-11-14(5-6-16(15)20)28(24,25)22-8-2-3-9-22/h4-7,10-11H,2-3,8-9H2,1H3. The first-order chi connectivity index (χ1) is 13.4. The van der Waals surface area contributed by atoms with Crippen LogP contribution in [0.4, 0.5) is 0 Å². The summed E-state index contributed by atoms with van der Waals surface area (Å²) in [6.45, 7) is 0.946. The van der Waals surface area contributed by atoms with Gasteiger partial charge in [-0.15, -0.1) is 0 Å². The van der Waals surface area contributed by atoms with E-state index in [1.807, 2.05) is 6.07 Å². The highest BCUT2D eigenvalue weighted by Gasteiger charge is 2.28. The zero-order valence-corrected chi connectivity index (χ0v) is 17.4. The topological polar surface area (TPSA) is 96.7 Å². The molecule has 0 saturated carbocycles. The predicted molar refractivity (Wildman–Crippen MR) is 105 cm³/mol. The maximum atomic E-state index is 12.8. The van der Waals surface area contributed by atoms with Gasteiger partial charge in [0.1, 0.15) is 0 Å². The summed E-state index contributed by atoms with van der Waals surface area (Å²) in [5.41, 5.74) is 0.434. The fourth-order valence-electron chi connectivity index (χ4n) is 2.88. The number of sulfonamides is 1. The van der Waals surface area contributed by atoms with Gasteiger partial charge in [-0.1, -0.05) is 0 Å². The van der Waals surface area contributed by atoms with Crippen molar-refractivity contribution < 1.29 is 22.7 Å². The van der Waals surface area contributed by atoms with Gasteiger partial charge in [0.2, 0.25) is 10.0 Å². The second-order valence-electron chi connectivity index (χ2n) is 6.12. The van der Waals surface area contributed by atoms with E-state index < -0.39 is 16.0 Å². The summed E-state index contributed by atoms with van der Waals surface area (Å²) in [4.78, 5) is 12.7. The molecule has 3 rings (SSSR count). The molecule has 0 amide bonds. The molecule has 0 aromatic heterocycles. The molecule has 146 valence electrons. The van der Waals surface area contributed by atoms with Crippen LogP contribution in [-0.2, 0) is 10.0 Å². The maximum Gasteiger partial charge on any atom is 0.344 e. The quantitative estimate of drug-likeness (QED) is 0.497. The van der Waals surface area contributed by atoms with E-state index in [0.717, 1.165) is 12.8 Å². The smallest absolute Gasteiger partial charge is 0.344 e. The van der Waals surface area contributed by atoms with E-state index in [-0.39, 0.29) is 22.0 Å². The summed E-state index contributed by atoms with van der Waals surface area (Å²) in [7, 11) is -2.27. The Morgan fingerprint density at radius 1 is 1.14 bits per heavy atom. The fourth-order valence-corrected chi connectivity index (χ4v) is 4.83. The minimum absolute atomic E-state index is 0.0383. The SMILES string of the molecule is COc1cc(C#N)ccc1OC(=O)c1cc(S(=O)(=O)N2CCCC2)ccc1Br. The average molecular weight is 465 g/mol. The molecular formula is C19H17BrN2O5S. The molecule has 7 nitrogen and oxygen atoms in total. The Hall–Kier alpha value is -2.41. The summed E-state index contributed by atoms with van der Waals surface area (Å²) < 4.78 is 37.9. The zero-order chi connectivity index (χ0) is 20.3. The number of carbonyl (C=O) groups is 1. The Kier molecular flexibility index (Phi) is 6.03. The van der Waals surface area contributed by atoms with Gasteiger partial charge in [0, 0.05) is 23.6 Å². The summed E-state index contributed by atoms with van der Waals surface area (Å²) >= 11 is 3.27. The summed E-state index contributed by atoms with van der Waals surface area (Å²) in [5.74, 6) is -0.385. The minimum atomic E-state index is -3.66. The molecule has 0 aliphatic carbocycles. The van der Waals surface area contributed by atoms with Gasteiger partial charge >= 0.3 is 5.97 Å². The van der Waals surface area contributed by atoms with Crippen LogP contribution in [0.5, 0.6) is 11.5 Å². The van der Waals surface area contributed by atoms with Crippen molar-refractivity contribution in [1.82, 2.24) is 4.31 Å². The van der Waals surface area contributed by atoms with Crippen LogP contribution in [0.15, 0.2) is 45.8 Å². The Labute approximate surface area is 171 Å². The van der Waals surface area contributed by atoms with E-state index in [4.69, 9.17) is 14.7 Å². The highest BCUT2D eigenvalue weighted by atomic mass is 79.9. The molecule has 2 aromatic rings. The molecule has 9 heteroatoms. The van der Waals surface area contributed by atoms with E-state index in [0.29, 0.717) is 23.1 Å². The lowest BCUT2D eigenvalue weighted by Crippen LogP contribution is -2.28. The molecular weight excluding hydrogens is 448 g/mol. The van der Waals surface area contributed by atoms with Crippen LogP contribution in [0.25, 0.3) is 0 Å². The second kappa shape index (κ2) is 8.31. The lowest BCUT2D eigenvalue weighted by molar-refractivity contribution is 0.0728. The number of ether oxygens (including phenoxy) is 2. The predicted octanol–water partition coefficient (Wildman–Crippen LogP) is 3.33. The molecule has 0 atom stereocenters. The molecule has 0 bridgehead atoms. The van der Waals surface area contributed by atoms with Crippen molar-refractivity contribution in [2.45, 2.75) is 17.7 Å². The van der Waals surface area contributed by atoms with Crippen LogP contribution < -0.4 is 9.47 Å². The highest BCUT2D eigenvalue weighted by Crippen LogP contribution is 2.31. The van der Waals surface area contributed by atoms with Crippen molar-refractivity contribution in [1.29, 1.82) is 5.26 Å². The van der Waals surface area contributed by atoms with Gasteiger partial charge in [-0.25, -0.2) is 13.2 Å². The van der Waals surface area contributed by atoms with Crippen LogP contribution in [0.2, 0.25) is 0 Å². The van der Waals surface area contributed by atoms with Crippen molar-refractivity contribution in [3.8, 4) is 17.6 Å². The summed E-state index contributed by atoms with van der Waals surface area (Å²) in [5, 5.41) is 8.96. The molecule has 1 fully saturated rings. The lowest BCUT2D eigenvalue weighted by atomic mass is 10.2. The van der Waals surface area contributed by atoms with Crippen molar-refractivity contribution in [3.05, 3.63) is 52.0 Å². The molecule has 0 radical (unpaired) electrons. The van der Waals surface area contributed by atoms with Crippen molar-refractivity contribution in [2.24, 2.45) is 0 Å². The molecule has 2 aromatic carbocycles. The number of rotatable bonds is 5. The van der Waals surface area contributed by atoms with Gasteiger partial charge in [-0.05, 0) is 59.1 Å². The normalized spacial score (nSPS) is 14.5. The van der Waals surface area contributed by atoms with Crippen LogP contribution in [0.3, 0.4) is 0 Å². The van der Waals surface area contributed by atoms with Crippen molar-refractivity contribution >= 4 is 31.9 Å². The average Bonchev–Trinajstić information content (AvgIpc) is 3.24. The third kappa shape index (κ3) is 4.04. The number of halogens is 1. The Morgan fingerprint density at radius 2 is 1.86 bits per heavy atom. The van der Waals surface area contributed by atoms with Gasteiger partial charge in [-0.3, -0.25) is 0 Å². The Morgan fingerprint density at radius 3 is 2.50 bits per heavy atom. The van der Waals surface area contributed by atoms with Crippen LogP contribution >= 0.6 is 15.9 Å². The molecule has 1 aliphatic heterocycles. The first-order valence-corrected chi connectivity index (χ1v) is 10.7. The fraction of sp³-hybridized carbons (Fsp3) is 0.263. The van der Waals surface area contributed by atoms with Crippen molar-refractivity contribution in [2.75, 3.05) is 20.2 Å². The van der Waals surface area contributed by atoms with E-state index in [1.165, 1.54) is 47.8 Å². The van der Waals surface area contributed by atoms with Gasteiger partial charge in [-0.2, -0.15) is 9.57 Å². The van der Waals surface area contributed by atoms with Gasteiger partial charge in [0.25, 0.3) is 0 Å². The molecule has 0 spiro atoms. The van der Waals surface area contributed by atoms with Crippen LogP contribution in [0.1, 0.15) is 28.8 Å². The number of benzene rings is 2. The second-order valence-corrected chi connectivity index (χ2v) is 8.91. The van der Waals surface area contributed by atoms with Crippen molar-refractivity contribution in [3.63, 3.8) is 0 Å². The number of esters is 1. The third-order valence-corrected chi connectivity index (χ3v) is 6.94. The molecule has 1 saturated heterocycles. The first kappa shape index (κ1) is 20.3. The summed E-state index contributed by atoms with van der Waals surface area (Å²) in [6, 6.07) is 10.6. The van der Waals surface area contributed by atoms with E-state index in [2.05, 4.69) is 15.9 Å². The molecule has 0 unspecified atom stereocenters. The minimum Gasteiger partial charge on any atom is -0.493 e. The zero-order valence-electron chi connectivity index (χ0n) is 15.0. The van der Waals surface area contributed by atoms with Crippen LogP contribution in [-0.4, -0.2) is 38.9 Å². The number of methoxy groups -OCH3 is 1. The number of nitriles is 1. The number of hydrogen-bond donors (Lipinski definition) is 0. The number of carbonyl (C=O) groups excluding carboxylic acids is 1. The van der Waals surface area contributed by atoms with Gasteiger partial charge < -0.3 is 9.47 Å². The monoisotopic (exact) mass is 464 g/mol. The lowest BCUT2D eigenvalue weighted by Gasteiger charge is -2.16. The third-order valence-electron chi connectivity index (χ3n) is 4.36. The highest BCUT2D eigenvalue weighted by molar-refractivity contribution is 9.10. The number of hydrogen-bond acceptors (Lipinski definition) is 6. The Bertz CT molecular complexity index is 1060. The molecule has 0 N–H and O–H groups in total. The largest absolute Gasteiger partial charge is 0.493 e. The number of nitrogens with zero attached hydrogens (tertiary/aromatic N) is 2. The molecule has 1 heterocycles. The van der Waals surface area contributed by atoms with E-state index >= 15 is 0 Å². The molecule has 1 aliphatic rings. The molecule has 28 heavy (non-hydrogen) atoms. The summed E-state index contributed by atoms with van der Waals surface area (Å²) in [6.07, 6.45) is 1.65. The van der Waals surface area contributed by atoms with Crippen LogP contribution in [0, 0.1) is 11.3 Å². The first-order valence-electron chi connectivity index (χ1n) is 8.47. The maximum absolute atomic E-state index is 12.8. The van der Waals surface area contributed by atoms with E-state index in [9.17, 15) is 13.2 Å². The van der Waals surface area contributed by atoms with E-state index in [1.54, 1.807) is 0 Å². The van der Waals surface area contributed by atoms with Gasteiger partial charge in [0.05, 0.1) is 29.2 Å².